The van der Waals surface area contributed by atoms with Gasteiger partial charge in [0, 0.05) is 24.5 Å². The number of likely N-dealkylation sites (N-methyl/N-ethyl adjacent to an activating group) is 1. The Morgan fingerprint density at radius 3 is 2.52 bits per heavy atom. The highest BCUT2D eigenvalue weighted by molar-refractivity contribution is 7.89. The van der Waals surface area contributed by atoms with E-state index in [0.29, 0.717) is 24.8 Å². The summed E-state index contributed by atoms with van der Waals surface area (Å²) in [7, 11) is -3.94. The molecular weight excluding hydrogens is 371 g/mol. The number of carbonyl (C=O) groups is 1. The summed E-state index contributed by atoms with van der Waals surface area (Å²) in [5.41, 5.74) is 0. The molecule has 1 aliphatic rings. The molecule has 1 fully saturated rings. The molecule has 0 aliphatic carbocycles. The van der Waals surface area contributed by atoms with E-state index in [2.05, 4.69) is 0 Å². The molecule has 0 spiro atoms. The number of rotatable bonds is 6. The van der Waals surface area contributed by atoms with Crippen LogP contribution < -0.4 is 0 Å². The van der Waals surface area contributed by atoms with E-state index in [1.807, 2.05) is 11.8 Å². The summed E-state index contributed by atoms with van der Waals surface area (Å²) < 4.78 is 42.0. The number of carboxylic acid groups (broad SMARTS) is 1. The van der Waals surface area contributed by atoms with E-state index in [1.54, 1.807) is 30.3 Å². The number of sulfonamides is 1. The minimum Gasteiger partial charge on any atom is -0.480 e. The van der Waals surface area contributed by atoms with E-state index in [-0.39, 0.29) is 36.0 Å². The van der Waals surface area contributed by atoms with E-state index in [4.69, 9.17) is 5.11 Å². The van der Waals surface area contributed by atoms with Crippen LogP contribution in [0.2, 0.25) is 0 Å². The number of hydrogen-bond donors (Lipinski definition) is 1. The summed E-state index contributed by atoms with van der Waals surface area (Å²) in [6, 6.07) is 9.71. The smallest absolute Gasteiger partial charge is 0.317 e. The third kappa shape index (κ3) is 3.97. The molecule has 1 saturated heterocycles. The number of benzene rings is 2. The topological polar surface area (TPSA) is 77.9 Å². The van der Waals surface area contributed by atoms with E-state index in [1.165, 1.54) is 10.4 Å². The molecule has 1 heterocycles. The number of fused-ring (bicyclic) bond motifs is 1. The lowest BCUT2D eigenvalue weighted by atomic mass is 10.0. The van der Waals surface area contributed by atoms with Crippen molar-refractivity contribution in [3.63, 3.8) is 0 Å². The van der Waals surface area contributed by atoms with Crippen molar-refractivity contribution in [3.05, 3.63) is 42.2 Å². The van der Waals surface area contributed by atoms with Gasteiger partial charge in [0.15, 0.2) is 5.82 Å². The van der Waals surface area contributed by atoms with Crippen molar-refractivity contribution >= 4 is 26.8 Å². The summed E-state index contributed by atoms with van der Waals surface area (Å²) in [4.78, 5) is 12.5. The molecule has 2 aromatic rings. The normalized spacial score (nSPS) is 16.9. The Kier molecular flexibility index (Phi) is 5.78. The Morgan fingerprint density at radius 2 is 1.89 bits per heavy atom. The zero-order chi connectivity index (χ0) is 19.6. The Bertz CT molecular complexity index is 940. The molecule has 1 aliphatic heterocycles. The Balaban J connectivity index is 1.79. The molecule has 146 valence electrons. The first-order valence-corrected chi connectivity index (χ1v) is 10.4. The Labute approximate surface area is 158 Å². The fourth-order valence-corrected chi connectivity index (χ4v) is 5.22. The fraction of sp³-hybridized carbons (Fsp3) is 0.421. The zero-order valence-corrected chi connectivity index (χ0v) is 16.0. The third-order valence-corrected chi connectivity index (χ3v) is 7.05. The second-order valence-electron chi connectivity index (χ2n) is 6.69. The van der Waals surface area contributed by atoms with Gasteiger partial charge in [-0.15, -0.1) is 0 Å². The Morgan fingerprint density at radius 1 is 1.22 bits per heavy atom. The highest BCUT2D eigenvalue weighted by Gasteiger charge is 2.33. The number of hydrogen-bond acceptors (Lipinski definition) is 4. The van der Waals surface area contributed by atoms with Crippen LogP contribution in [0.25, 0.3) is 10.8 Å². The van der Waals surface area contributed by atoms with Crippen molar-refractivity contribution < 1.29 is 22.7 Å². The first-order valence-electron chi connectivity index (χ1n) is 8.98. The summed E-state index contributed by atoms with van der Waals surface area (Å²) >= 11 is 0. The maximum Gasteiger partial charge on any atom is 0.317 e. The molecule has 0 unspecified atom stereocenters. The van der Waals surface area contributed by atoms with Crippen LogP contribution in [0.15, 0.2) is 41.3 Å². The van der Waals surface area contributed by atoms with Gasteiger partial charge in [0.05, 0.1) is 6.54 Å². The molecule has 1 N–H and O–H groups in total. The molecule has 0 aromatic heterocycles. The molecule has 0 amide bonds. The van der Waals surface area contributed by atoms with Crippen molar-refractivity contribution in [1.82, 2.24) is 9.21 Å². The average Bonchev–Trinajstić information content (AvgIpc) is 2.66. The predicted molar refractivity (Wildman–Crippen MR) is 101 cm³/mol. The minimum absolute atomic E-state index is 0.0130. The SMILES string of the molecule is CCN(CC(=O)O)C1CCN(S(=O)(=O)c2ccc3ccccc3c2F)CC1. The number of carboxylic acids is 1. The minimum atomic E-state index is -3.94. The lowest BCUT2D eigenvalue weighted by molar-refractivity contribution is -0.139. The zero-order valence-electron chi connectivity index (χ0n) is 15.1. The first-order chi connectivity index (χ1) is 12.8. The van der Waals surface area contributed by atoms with Crippen molar-refractivity contribution in [2.75, 3.05) is 26.2 Å². The van der Waals surface area contributed by atoms with Crippen molar-refractivity contribution in [3.8, 4) is 0 Å². The van der Waals surface area contributed by atoms with E-state index in [0.717, 1.165) is 0 Å². The van der Waals surface area contributed by atoms with Crippen LogP contribution in [0.3, 0.4) is 0 Å². The van der Waals surface area contributed by atoms with Gasteiger partial charge in [-0.2, -0.15) is 4.31 Å². The van der Waals surface area contributed by atoms with Gasteiger partial charge in [0.2, 0.25) is 10.0 Å². The molecule has 6 nitrogen and oxygen atoms in total. The molecular formula is C19H23FN2O4S. The van der Waals surface area contributed by atoms with Crippen LogP contribution in [0.1, 0.15) is 19.8 Å². The molecule has 2 aromatic carbocycles. The number of nitrogens with zero attached hydrogens (tertiary/aromatic N) is 2. The lowest BCUT2D eigenvalue weighted by Gasteiger charge is -2.36. The summed E-state index contributed by atoms with van der Waals surface area (Å²) in [5, 5.41) is 9.94. The van der Waals surface area contributed by atoms with Crippen LogP contribution in [-0.2, 0) is 14.8 Å². The fourth-order valence-electron chi connectivity index (χ4n) is 3.67. The predicted octanol–water partition coefficient (Wildman–Crippen LogP) is 2.54. The van der Waals surface area contributed by atoms with E-state index >= 15 is 0 Å². The molecule has 8 heteroatoms. The molecule has 0 atom stereocenters. The van der Waals surface area contributed by atoms with Crippen LogP contribution in [0.4, 0.5) is 4.39 Å². The van der Waals surface area contributed by atoms with Crippen LogP contribution in [0.5, 0.6) is 0 Å². The highest BCUT2D eigenvalue weighted by Crippen LogP contribution is 2.28. The molecule has 0 bridgehead atoms. The third-order valence-electron chi connectivity index (χ3n) is 5.13. The van der Waals surface area contributed by atoms with Gasteiger partial charge >= 0.3 is 5.97 Å². The molecule has 0 radical (unpaired) electrons. The average molecular weight is 394 g/mol. The molecule has 27 heavy (non-hydrogen) atoms. The Hall–Kier alpha value is -2.03. The van der Waals surface area contributed by atoms with Crippen LogP contribution in [-0.4, -0.2) is 60.9 Å². The molecule has 0 saturated carbocycles. The standard InChI is InChI=1S/C19H23FN2O4S/c1-2-21(13-18(23)24)15-9-11-22(12-10-15)27(25,26)17-8-7-14-5-3-4-6-16(14)19(17)20/h3-8,15H,2,9-13H2,1H3,(H,23,24). The van der Waals surface area contributed by atoms with Gasteiger partial charge in [-0.25, -0.2) is 12.8 Å². The maximum absolute atomic E-state index is 14.8. The van der Waals surface area contributed by atoms with E-state index < -0.39 is 21.8 Å². The number of halogens is 1. The van der Waals surface area contributed by atoms with Gasteiger partial charge in [-0.3, -0.25) is 9.69 Å². The van der Waals surface area contributed by atoms with Crippen molar-refractivity contribution in [2.24, 2.45) is 0 Å². The second-order valence-corrected chi connectivity index (χ2v) is 8.60. The van der Waals surface area contributed by atoms with Gasteiger partial charge in [0.25, 0.3) is 0 Å². The summed E-state index contributed by atoms with van der Waals surface area (Å²) in [6.07, 6.45) is 1.05. The van der Waals surface area contributed by atoms with Crippen LogP contribution >= 0.6 is 0 Å². The van der Waals surface area contributed by atoms with Crippen molar-refractivity contribution in [2.45, 2.75) is 30.7 Å². The van der Waals surface area contributed by atoms with Gasteiger partial charge in [0.1, 0.15) is 4.90 Å². The lowest BCUT2D eigenvalue weighted by Crippen LogP contribution is -2.48. The summed E-state index contributed by atoms with van der Waals surface area (Å²) in [6.45, 7) is 2.90. The van der Waals surface area contributed by atoms with Crippen LogP contribution in [0, 0.1) is 5.82 Å². The maximum atomic E-state index is 14.8. The van der Waals surface area contributed by atoms with Gasteiger partial charge in [-0.1, -0.05) is 37.3 Å². The second kappa shape index (κ2) is 7.92. The quantitative estimate of drug-likeness (QED) is 0.815. The monoisotopic (exact) mass is 394 g/mol. The van der Waals surface area contributed by atoms with Gasteiger partial charge in [-0.05, 0) is 30.8 Å². The first kappa shape index (κ1) is 19.7. The largest absolute Gasteiger partial charge is 0.480 e. The number of aliphatic carboxylic acids is 1. The van der Waals surface area contributed by atoms with E-state index in [9.17, 15) is 17.6 Å². The summed E-state index contributed by atoms with van der Waals surface area (Å²) in [5.74, 6) is -1.62. The molecule has 3 rings (SSSR count). The number of piperidine rings is 1. The van der Waals surface area contributed by atoms with Crippen molar-refractivity contribution in [1.29, 1.82) is 0 Å². The van der Waals surface area contributed by atoms with Gasteiger partial charge < -0.3 is 5.11 Å². The highest BCUT2D eigenvalue weighted by atomic mass is 32.2.